The van der Waals surface area contributed by atoms with E-state index in [0.717, 1.165) is 44.9 Å². The first kappa shape index (κ1) is 33.3. The third-order valence-corrected chi connectivity index (χ3v) is 8.42. The summed E-state index contributed by atoms with van der Waals surface area (Å²) >= 11 is 2.47. The zero-order valence-electron chi connectivity index (χ0n) is 25.3. The predicted octanol–water partition coefficient (Wildman–Crippen LogP) is 10.2. The van der Waals surface area contributed by atoms with Crippen LogP contribution in [0.2, 0.25) is 0 Å². The second kappa shape index (κ2) is 19.1. The van der Waals surface area contributed by atoms with Crippen LogP contribution in [0.4, 0.5) is 0 Å². The van der Waals surface area contributed by atoms with Crippen LogP contribution in [0.25, 0.3) is 0 Å². The molecule has 0 heterocycles. The van der Waals surface area contributed by atoms with Crippen LogP contribution in [0.15, 0.2) is 76.5 Å². The molecule has 0 saturated heterocycles. The predicted molar refractivity (Wildman–Crippen MR) is 180 cm³/mol. The van der Waals surface area contributed by atoms with Crippen molar-refractivity contribution in [3.05, 3.63) is 94.5 Å². The zero-order chi connectivity index (χ0) is 30.0. The minimum Gasteiger partial charge on any atom is -0.287 e. The van der Waals surface area contributed by atoms with Crippen molar-refractivity contribution >= 4 is 33.8 Å². The summed E-state index contributed by atoms with van der Waals surface area (Å²) in [7, 11) is 0. The highest BCUT2D eigenvalue weighted by Crippen LogP contribution is 2.21. The number of aryl methyl sites for hydroxylation is 1. The Morgan fingerprint density at radius 1 is 0.548 bits per heavy atom. The lowest BCUT2D eigenvalue weighted by Gasteiger charge is -2.07. The molecule has 0 fully saturated rings. The Labute approximate surface area is 261 Å². The summed E-state index contributed by atoms with van der Waals surface area (Å²) in [4.78, 5) is 24.6. The molecule has 0 aliphatic carbocycles. The number of rotatable bonds is 13. The van der Waals surface area contributed by atoms with Crippen LogP contribution in [0.1, 0.15) is 113 Å². The summed E-state index contributed by atoms with van der Waals surface area (Å²) in [6.45, 7) is 5.42. The Hall–Kier alpha value is -3.18. The van der Waals surface area contributed by atoms with Gasteiger partial charge in [-0.1, -0.05) is 112 Å². The summed E-state index contributed by atoms with van der Waals surface area (Å²) in [6, 6.07) is 22.0. The molecule has 3 rings (SSSR count). The van der Waals surface area contributed by atoms with Gasteiger partial charge in [0, 0.05) is 45.9 Å². The highest BCUT2D eigenvalue weighted by molar-refractivity contribution is 8.13. The van der Waals surface area contributed by atoms with Gasteiger partial charge in [0.05, 0.1) is 0 Å². The molecule has 0 saturated carbocycles. The topological polar surface area (TPSA) is 34.1 Å². The molecule has 0 radical (unpaired) electrons. The third-order valence-electron chi connectivity index (χ3n) is 6.83. The molecule has 0 bridgehead atoms. The van der Waals surface area contributed by atoms with Crippen molar-refractivity contribution in [2.75, 3.05) is 0 Å². The Bertz CT molecular complexity index is 1410. The fourth-order valence-corrected chi connectivity index (χ4v) is 5.84. The molecule has 0 N–H and O–H groups in total. The second-order valence-corrected chi connectivity index (χ2v) is 13.0. The summed E-state index contributed by atoms with van der Waals surface area (Å²) in [5.74, 6) is 13.3. The largest absolute Gasteiger partial charge is 0.287 e. The fourth-order valence-electron chi connectivity index (χ4n) is 4.63. The molecule has 42 heavy (non-hydrogen) atoms. The highest BCUT2D eigenvalue weighted by Gasteiger charge is 2.04. The summed E-state index contributed by atoms with van der Waals surface area (Å²) in [6.07, 6.45) is 14.1. The van der Waals surface area contributed by atoms with Gasteiger partial charge in [0.15, 0.2) is 10.2 Å². The average Bonchev–Trinajstić information content (AvgIpc) is 2.97. The molecule has 0 aromatic heterocycles. The van der Waals surface area contributed by atoms with Crippen LogP contribution >= 0.6 is 23.5 Å². The molecule has 0 atom stereocenters. The Morgan fingerprint density at radius 3 is 1.48 bits per heavy atom. The fraction of sp³-hybridized carbons (Fsp3) is 0.368. The maximum absolute atomic E-state index is 11.4. The standard InChI is InChI=1S/C38H42O2S2/c1-4-5-6-7-8-9-10-11-12-13-14-36-29-34(16-15-32-19-25-37(26-20-32)41-30(2)39)18-24-35(36)23-17-33-21-27-38(28-22-33)42-31(3)40/h18-22,24-29H,4-14H2,1-3H3. The second-order valence-electron chi connectivity index (χ2n) is 10.5. The van der Waals surface area contributed by atoms with Crippen LogP contribution in [0, 0.1) is 23.7 Å². The van der Waals surface area contributed by atoms with Gasteiger partial charge in [-0.15, -0.1) is 0 Å². The van der Waals surface area contributed by atoms with Crippen LogP contribution in [0.5, 0.6) is 0 Å². The molecule has 0 aliphatic rings. The number of carbonyl (C=O) groups excluding carboxylic acids is 2. The van der Waals surface area contributed by atoms with Gasteiger partial charge >= 0.3 is 0 Å². The third kappa shape index (κ3) is 13.2. The Morgan fingerprint density at radius 2 is 0.976 bits per heavy atom. The van der Waals surface area contributed by atoms with Crippen LogP contribution in [0.3, 0.4) is 0 Å². The number of hydrogen-bond donors (Lipinski definition) is 0. The van der Waals surface area contributed by atoms with Crippen LogP contribution in [-0.4, -0.2) is 10.2 Å². The van der Waals surface area contributed by atoms with E-state index in [-0.39, 0.29) is 10.2 Å². The van der Waals surface area contributed by atoms with E-state index >= 15 is 0 Å². The molecule has 3 aromatic rings. The van der Waals surface area contributed by atoms with Crippen molar-refractivity contribution in [2.24, 2.45) is 0 Å². The summed E-state index contributed by atoms with van der Waals surface area (Å²) < 4.78 is 0. The maximum atomic E-state index is 11.4. The minimum atomic E-state index is 0.0796. The van der Waals surface area contributed by atoms with E-state index in [0.29, 0.717) is 0 Å². The summed E-state index contributed by atoms with van der Waals surface area (Å²) in [5, 5.41) is 0.161. The van der Waals surface area contributed by atoms with E-state index in [1.165, 1.54) is 86.9 Å². The molecule has 218 valence electrons. The van der Waals surface area contributed by atoms with E-state index in [1.807, 2.05) is 54.6 Å². The van der Waals surface area contributed by atoms with Gasteiger partial charge in [0.1, 0.15) is 0 Å². The molecular formula is C38H42O2S2. The van der Waals surface area contributed by atoms with E-state index < -0.39 is 0 Å². The Kier molecular flexibility index (Phi) is 15.1. The minimum absolute atomic E-state index is 0.0796. The smallest absolute Gasteiger partial charge is 0.190 e. The number of carbonyl (C=O) groups is 2. The highest BCUT2D eigenvalue weighted by atomic mass is 32.2. The summed E-state index contributed by atoms with van der Waals surface area (Å²) in [5.41, 5.74) is 5.13. The number of benzene rings is 3. The van der Waals surface area contributed by atoms with Crippen LogP contribution < -0.4 is 0 Å². The van der Waals surface area contributed by atoms with Crippen LogP contribution in [-0.2, 0) is 16.0 Å². The lowest BCUT2D eigenvalue weighted by atomic mass is 9.97. The molecule has 0 amide bonds. The number of thioether (sulfide) groups is 2. The van der Waals surface area contributed by atoms with Crippen molar-refractivity contribution < 1.29 is 9.59 Å². The molecule has 4 heteroatoms. The molecule has 0 unspecified atom stereocenters. The SMILES string of the molecule is CCCCCCCCCCCCc1cc(C#Cc2ccc(SC(C)=O)cc2)ccc1C#Cc1ccc(SC(C)=O)cc1. The molecule has 3 aromatic carbocycles. The quantitative estimate of drug-likeness (QED) is 0.112. The molecule has 0 spiro atoms. The number of hydrogen-bond acceptors (Lipinski definition) is 4. The van der Waals surface area contributed by atoms with Gasteiger partial charge in [-0.3, -0.25) is 9.59 Å². The van der Waals surface area contributed by atoms with E-state index in [1.54, 1.807) is 13.8 Å². The average molecular weight is 595 g/mol. The molecule has 2 nitrogen and oxygen atoms in total. The Balaban J connectivity index is 1.68. The van der Waals surface area contributed by atoms with Crippen molar-refractivity contribution in [3.63, 3.8) is 0 Å². The maximum Gasteiger partial charge on any atom is 0.190 e. The van der Waals surface area contributed by atoms with Crippen molar-refractivity contribution in [1.82, 2.24) is 0 Å². The van der Waals surface area contributed by atoms with E-state index in [9.17, 15) is 9.59 Å². The van der Waals surface area contributed by atoms with Gasteiger partial charge in [-0.05, 0) is 85.1 Å². The van der Waals surface area contributed by atoms with Crippen molar-refractivity contribution in [1.29, 1.82) is 0 Å². The molecular weight excluding hydrogens is 553 g/mol. The normalized spacial score (nSPS) is 10.4. The zero-order valence-corrected chi connectivity index (χ0v) is 26.9. The lowest BCUT2D eigenvalue weighted by molar-refractivity contribution is -0.109. The van der Waals surface area contributed by atoms with Crippen molar-refractivity contribution in [3.8, 4) is 23.7 Å². The van der Waals surface area contributed by atoms with Gasteiger partial charge in [-0.2, -0.15) is 0 Å². The lowest BCUT2D eigenvalue weighted by Crippen LogP contribution is -1.93. The van der Waals surface area contributed by atoms with Gasteiger partial charge in [-0.25, -0.2) is 0 Å². The first-order chi connectivity index (χ1) is 20.4. The first-order valence-corrected chi connectivity index (χ1v) is 16.8. The first-order valence-electron chi connectivity index (χ1n) is 15.2. The monoisotopic (exact) mass is 594 g/mol. The van der Waals surface area contributed by atoms with Crippen molar-refractivity contribution in [2.45, 2.75) is 101 Å². The van der Waals surface area contributed by atoms with E-state index in [4.69, 9.17) is 0 Å². The van der Waals surface area contributed by atoms with E-state index in [2.05, 4.69) is 42.7 Å². The van der Waals surface area contributed by atoms with Gasteiger partial charge in [0.25, 0.3) is 0 Å². The number of unbranched alkanes of at least 4 members (excludes halogenated alkanes) is 9. The van der Waals surface area contributed by atoms with Gasteiger partial charge < -0.3 is 0 Å². The van der Waals surface area contributed by atoms with Gasteiger partial charge in [0.2, 0.25) is 0 Å². The molecule has 0 aliphatic heterocycles.